The maximum Gasteiger partial charge on any atom is 0.271 e. The van der Waals surface area contributed by atoms with Crippen LogP contribution in [0.5, 0.6) is 0 Å². The molecule has 0 radical (unpaired) electrons. The average Bonchev–Trinajstić information content (AvgIpc) is 2.56. The fourth-order valence-electron chi connectivity index (χ4n) is 1.91. The number of carbonyl (C=O) groups excluding carboxylic acids is 1. The van der Waals surface area contributed by atoms with Crippen LogP contribution in [0.15, 0.2) is 48.5 Å². The molecule has 0 aliphatic rings. The third kappa shape index (κ3) is 5.66. The minimum atomic E-state index is -0.499. The van der Waals surface area contributed by atoms with E-state index in [2.05, 4.69) is 10.6 Å². The maximum absolute atomic E-state index is 11.9. The van der Waals surface area contributed by atoms with E-state index in [1.807, 2.05) is 0 Å². The summed E-state index contributed by atoms with van der Waals surface area (Å²) in [5.41, 5.74) is 1.97. The average molecular weight is 376 g/mol. The van der Waals surface area contributed by atoms with Crippen LogP contribution in [-0.4, -0.2) is 15.9 Å². The summed E-state index contributed by atoms with van der Waals surface area (Å²) < 4.78 is 0. The highest BCUT2D eigenvalue weighted by Gasteiger charge is 2.10. The van der Waals surface area contributed by atoms with E-state index in [-0.39, 0.29) is 10.8 Å². The number of nitro groups is 1. The smallest absolute Gasteiger partial charge is 0.271 e. The zero-order valence-corrected chi connectivity index (χ0v) is 14.7. The summed E-state index contributed by atoms with van der Waals surface area (Å²) in [5, 5.41) is 16.8. The standard InChI is InChI=1S/C17H14ClN3O3S/c1-11-2-8-14(21(23)24)10-15(11)19-17(25)20-16(22)9-5-12-3-6-13(18)7-4-12/h2-10H,1H3,(H2,19,20,22,25)/b9-5+. The van der Waals surface area contributed by atoms with Gasteiger partial charge in [-0.1, -0.05) is 29.8 Å². The number of hydrogen-bond donors (Lipinski definition) is 2. The summed E-state index contributed by atoms with van der Waals surface area (Å²) in [6, 6.07) is 11.3. The first-order chi connectivity index (χ1) is 11.8. The molecular weight excluding hydrogens is 362 g/mol. The molecule has 8 heteroatoms. The van der Waals surface area contributed by atoms with Crippen LogP contribution in [0, 0.1) is 17.0 Å². The number of amides is 1. The van der Waals surface area contributed by atoms with Crippen molar-refractivity contribution in [3.05, 3.63) is 74.8 Å². The number of anilines is 1. The molecule has 6 nitrogen and oxygen atoms in total. The fraction of sp³-hybridized carbons (Fsp3) is 0.0588. The van der Waals surface area contributed by atoms with Crippen LogP contribution in [0.3, 0.4) is 0 Å². The predicted molar refractivity (Wildman–Crippen MR) is 103 cm³/mol. The van der Waals surface area contributed by atoms with Crippen molar-refractivity contribution in [2.45, 2.75) is 6.92 Å². The number of carbonyl (C=O) groups is 1. The summed E-state index contributed by atoms with van der Waals surface area (Å²) in [5.74, 6) is -0.421. The van der Waals surface area contributed by atoms with E-state index in [4.69, 9.17) is 23.8 Å². The zero-order valence-electron chi connectivity index (χ0n) is 13.2. The molecule has 2 aromatic carbocycles. The Labute approximate surface area is 154 Å². The molecule has 0 spiro atoms. The maximum atomic E-state index is 11.9. The highest BCUT2D eigenvalue weighted by Crippen LogP contribution is 2.21. The number of nitrogens with zero attached hydrogens (tertiary/aromatic N) is 1. The van der Waals surface area contributed by atoms with Crippen molar-refractivity contribution in [2.24, 2.45) is 0 Å². The lowest BCUT2D eigenvalue weighted by Crippen LogP contribution is -2.33. The third-order valence-corrected chi connectivity index (χ3v) is 3.67. The Morgan fingerprint density at radius 1 is 1.24 bits per heavy atom. The molecule has 0 fully saturated rings. The Hall–Kier alpha value is -2.77. The van der Waals surface area contributed by atoms with Gasteiger partial charge in [0.15, 0.2) is 5.11 Å². The second-order valence-electron chi connectivity index (χ2n) is 5.08. The lowest BCUT2D eigenvalue weighted by molar-refractivity contribution is -0.384. The van der Waals surface area contributed by atoms with E-state index in [0.29, 0.717) is 10.7 Å². The first kappa shape index (κ1) is 18.6. The van der Waals surface area contributed by atoms with Crippen molar-refractivity contribution in [1.29, 1.82) is 0 Å². The number of nitro benzene ring substituents is 1. The van der Waals surface area contributed by atoms with Gasteiger partial charge in [0.05, 0.1) is 4.92 Å². The lowest BCUT2D eigenvalue weighted by atomic mass is 10.2. The van der Waals surface area contributed by atoms with Crippen molar-refractivity contribution >= 4 is 52.3 Å². The van der Waals surface area contributed by atoms with Crippen molar-refractivity contribution in [2.75, 3.05) is 5.32 Å². The van der Waals surface area contributed by atoms with Crippen LogP contribution in [0.4, 0.5) is 11.4 Å². The van der Waals surface area contributed by atoms with Gasteiger partial charge in [-0.25, -0.2) is 0 Å². The zero-order chi connectivity index (χ0) is 18.4. The van der Waals surface area contributed by atoms with E-state index in [1.165, 1.54) is 18.2 Å². The number of aryl methyl sites for hydroxylation is 1. The van der Waals surface area contributed by atoms with Crippen molar-refractivity contribution in [1.82, 2.24) is 5.32 Å². The Morgan fingerprint density at radius 2 is 1.92 bits per heavy atom. The van der Waals surface area contributed by atoms with Crippen LogP contribution in [0.1, 0.15) is 11.1 Å². The molecule has 25 heavy (non-hydrogen) atoms. The minimum Gasteiger partial charge on any atom is -0.332 e. The number of rotatable bonds is 4. The third-order valence-electron chi connectivity index (χ3n) is 3.21. The first-order valence-electron chi connectivity index (χ1n) is 7.16. The van der Waals surface area contributed by atoms with E-state index in [0.717, 1.165) is 11.1 Å². The Kier molecular flexibility index (Phi) is 6.21. The largest absolute Gasteiger partial charge is 0.332 e. The fourth-order valence-corrected chi connectivity index (χ4v) is 2.25. The van der Waals surface area contributed by atoms with E-state index >= 15 is 0 Å². The van der Waals surface area contributed by atoms with Gasteiger partial charge >= 0.3 is 0 Å². The second kappa shape index (κ2) is 8.36. The van der Waals surface area contributed by atoms with Crippen molar-refractivity contribution in [3.63, 3.8) is 0 Å². The van der Waals surface area contributed by atoms with Gasteiger partial charge in [-0.2, -0.15) is 0 Å². The summed E-state index contributed by atoms with van der Waals surface area (Å²) in [6.45, 7) is 1.77. The monoisotopic (exact) mass is 375 g/mol. The summed E-state index contributed by atoms with van der Waals surface area (Å²) in [6.07, 6.45) is 2.95. The molecule has 2 aromatic rings. The summed E-state index contributed by atoms with van der Waals surface area (Å²) in [4.78, 5) is 22.2. The number of benzene rings is 2. The molecule has 0 aromatic heterocycles. The Morgan fingerprint density at radius 3 is 2.56 bits per heavy atom. The van der Waals surface area contributed by atoms with Crippen LogP contribution < -0.4 is 10.6 Å². The Balaban J connectivity index is 1.97. The van der Waals surface area contributed by atoms with E-state index < -0.39 is 10.8 Å². The summed E-state index contributed by atoms with van der Waals surface area (Å²) in [7, 11) is 0. The Bertz CT molecular complexity index is 851. The second-order valence-corrected chi connectivity index (χ2v) is 5.93. The molecule has 0 aliphatic heterocycles. The molecule has 2 rings (SSSR count). The number of hydrogen-bond acceptors (Lipinski definition) is 4. The predicted octanol–water partition coefficient (Wildman–Crippen LogP) is 4.08. The molecule has 0 aliphatic carbocycles. The van der Waals surface area contributed by atoms with Gasteiger partial charge in [0, 0.05) is 28.9 Å². The van der Waals surface area contributed by atoms with E-state index in [1.54, 1.807) is 43.3 Å². The minimum absolute atomic E-state index is 0.0503. The van der Waals surface area contributed by atoms with Crippen molar-refractivity contribution in [3.8, 4) is 0 Å². The highest BCUT2D eigenvalue weighted by atomic mass is 35.5. The molecule has 0 heterocycles. The van der Waals surface area contributed by atoms with E-state index in [9.17, 15) is 14.9 Å². The van der Waals surface area contributed by atoms with Gasteiger partial charge in [-0.15, -0.1) is 0 Å². The van der Waals surface area contributed by atoms with Gasteiger partial charge in [0.25, 0.3) is 5.69 Å². The lowest BCUT2D eigenvalue weighted by Gasteiger charge is -2.10. The SMILES string of the molecule is Cc1ccc([N+](=O)[O-])cc1NC(=S)NC(=O)/C=C/c1ccc(Cl)cc1. The first-order valence-corrected chi connectivity index (χ1v) is 7.94. The van der Waals surface area contributed by atoms with Crippen LogP contribution in [0.25, 0.3) is 6.08 Å². The topological polar surface area (TPSA) is 84.3 Å². The van der Waals surface area contributed by atoms with Gasteiger partial charge in [0.1, 0.15) is 0 Å². The van der Waals surface area contributed by atoms with Gasteiger partial charge in [0.2, 0.25) is 5.91 Å². The molecule has 0 saturated carbocycles. The highest BCUT2D eigenvalue weighted by molar-refractivity contribution is 7.80. The molecule has 128 valence electrons. The quantitative estimate of drug-likeness (QED) is 0.364. The molecular formula is C17H14ClN3O3S. The molecule has 0 saturated heterocycles. The number of nitrogens with one attached hydrogen (secondary N) is 2. The summed E-state index contributed by atoms with van der Waals surface area (Å²) >= 11 is 10.9. The van der Waals surface area contributed by atoms with Crippen LogP contribution >= 0.6 is 23.8 Å². The number of halogens is 1. The molecule has 1 amide bonds. The van der Waals surface area contributed by atoms with Gasteiger partial charge < -0.3 is 5.32 Å². The van der Waals surface area contributed by atoms with Gasteiger partial charge in [-0.05, 0) is 48.5 Å². The molecule has 0 bridgehead atoms. The van der Waals surface area contributed by atoms with Crippen molar-refractivity contribution < 1.29 is 9.72 Å². The number of thiocarbonyl (C=S) groups is 1. The van der Waals surface area contributed by atoms with Gasteiger partial charge in [-0.3, -0.25) is 20.2 Å². The number of non-ortho nitro benzene ring substituents is 1. The van der Waals surface area contributed by atoms with Crippen LogP contribution in [0.2, 0.25) is 5.02 Å². The molecule has 0 atom stereocenters. The molecule has 0 unspecified atom stereocenters. The molecule has 2 N–H and O–H groups in total. The normalized spacial score (nSPS) is 10.5. The van der Waals surface area contributed by atoms with Crippen LogP contribution in [-0.2, 0) is 4.79 Å².